The van der Waals surface area contributed by atoms with Crippen molar-refractivity contribution in [3.63, 3.8) is 0 Å². The molecule has 2 aliphatic rings. The van der Waals surface area contributed by atoms with E-state index in [1.165, 1.54) is 44.9 Å². The Morgan fingerprint density at radius 2 is 1.62 bits per heavy atom. The minimum atomic E-state index is 0.696. The van der Waals surface area contributed by atoms with Crippen molar-refractivity contribution >= 4 is 0 Å². The second kappa shape index (κ2) is 6.96. The molecule has 5 unspecified atom stereocenters. The van der Waals surface area contributed by atoms with Gasteiger partial charge >= 0.3 is 0 Å². The van der Waals surface area contributed by atoms with Gasteiger partial charge in [0, 0.05) is 12.1 Å². The molecule has 1 aromatic carbocycles. The van der Waals surface area contributed by atoms with E-state index in [4.69, 9.17) is 0 Å². The molecule has 2 aliphatic carbocycles. The number of hydrogen-bond acceptors (Lipinski definition) is 1. The molecule has 1 nitrogen and oxygen atoms in total. The maximum Gasteiger partial charge on any atom is 0.0138 e. The van der Waals surface area contributed by atoms with Gasteiger partial charge in [0.25, 0.3) is 0 Å². The van der Waals surface area contributed by atoms with E-state index >= 15 is 0 Å². The van der Waals surface area contributed by atoms with E-state index in [0.29, 0.717) is 6.04 Å². The lowest BCUT2D eigenvalue weighted by Crippen LogP contribution is -2.48. The first-order chi connectivity index (χ1) is 10.2. The second-order valence-electron chi connectivity index (χ2n) is 7.58. The summed E-state index contributed by atoms with van der Waals surface area (Å²) in [6.07, 6.45) is 9.70. The molecule has 0 aliphatic heterocycles. The number of hydrogen-bond donors (Lipinski definition) is 1. The number of benzene rings is 1. The topological polar surface area (TPSA) is 12.0 Å². The largest absolute Gasteiger partial charge is 0.310 e. The van der Waals surface area contributed by atoms with Crippen molar-refractivity contribution in [2.75, 3.05) is 0 Å². The summed E-state index contributed by atoms with van der Waals surface area (Å²) in [6.45, 7) is 4.87. The van der Waals surface area contributed by atoms with Gasteiger partial charge in [0.2, 0.25) is 0 Å². The van der Waals surface area contributed by atoms with E-state index in [2.05, 4.69) is 49.5 Å². The third kappa shape index (κ3) is 3.69. The number of nitrogens with one attached hydrogen (secondary N) is 1. The summed E-state index contributed by atoms with van der Waals surface area (Å²) in [7, 11) is 0. The predicted octanol–water partition coefficient (Wildman–Crippen LogP) is 5.13. The van der Waals surface area contributed by atoms with E-state index in [9.17, 15) is 0 Å². The van der Waals surface area contributed by atoms with Crippen molar-refractivity contribution < 1.29 is 0 Å². The van der Waals surface area contributed by atoms with Gasteiger partial charge in [-0.05, 0) is 55.4 Å². The normalized spacial score (nSPS) is 37.3. The fourth-order valence-corrected chi connectivity index (χ4v) is 4.62. The highest BCUT2D eigenvalue weighted by atomic mass is 15.0. The van der Waals surface area contributed by atoms with Crippen LogP contribution < -0.4 is 5.32 Å². The average Bonchev–Trinajstić information content (AvgIpc) is 2.51. The first kappa shape index (κ1) is 15.1. The predicted molar refractivity (Wildman–Crippen MR) is 90.5 cm³/mol. The SMILES string of the molecule is CC1CCC(NC2CCCCC2c2ccccc2)C(C)C1. The van der Waals surface area contributed by atoms with Crippen molar-refractivity contribution in [1.82, 2.24) is 5.32 Å². The molecule has 1 heteroatoms. The molecule has 21 heavy (non-hydrogen) atoms. The molecular formula is C20H31N. The van der Waals surface area contributed by atoms with Gasteiger partial charge in [0.15, 0.2) is 0 Å². The Labute approximate surface area is 130 Å². The smallest absolute Gasteiger partial charge is 0.0138 e. The van der Waals surface area contributed by atoms with Gasteiger partial charge in [0.1, 0.15) is 0 Å². The molecule has 2 saturated carbocycles. The summed E-state index contributed by atoms with van der Waals surface area (Å²) in [4.78, 5) is 0. The van der Waals surface area contributed by atoms with Crippen molar-refractivity contribution in [1.29, 1.82) is 0 Å². The quantitative estimate of drug-likeness (QED) is 0.812. The molecule has 0 saturated heterocycles. The molecule has 2 fully saturated rings. The maximum absolute atomic E-state index is 4.08. The molecule has 3 rings (SSSR count). The highest BCUT2D eigenvalue weighted by Gasteiger charge is 2.31. The molecule has 0 aromatic heterocycles. The van der Waals surface area contributed by atoms with E-state index < -0.39 is 0 Å². The first-order valence-electron chi connectivity index (χ1n) is 9.05. The van der Waals surface area contributed by atoms with Gasteiger partial charge in [-0.3, -0.25) is 0 Å². The molecular weight excluding hydrogens is 254 g/mol. The van der Waals surface area contributed by atoms with E-state index in [1.54, 1.807) is 5.56 Å². The average molecular weight is 285 g/mol. The molecule has 5 atom stereocenters. The van der Waals surface area contributed by atoms with Crippen molar-refractivity contribution in [2.45, 2.75) is 76.8 Å². The van der Waals surface area contributed by atoms with Crippen LogP contribution in [-0.2, 0) is 0 Å². The van der Waals surface area contributed by atoms with E-state index in [0.717, 1.165) is 23.8 Å². The van der Waals surface area contributed by atoms with Gasteiger partial charge in [-0.2, -0.15) is 0 Å². The van der Waals surface area contributed by atoms with Crippen molar-refractivity contribution in [3.05, 3.63) is 35.9 Å². The van der Waals surface area contributed by atoms with Crippen LogP contribution in [-0.4, -0.2) is 12.1 Å². The lowest BCUT2D eigenvalue weighted by Gasteiger charge is -2.40. The third-order valence-electron chi connectivity index (χ3n) is 5.85. The Kier molecular flexibility index (Phi) is 5.00. The van der Waals surface area contributed by atoms with Crippen LogP contribution in [0.15, 0.2) is 30.3 Å². The van der Waals surface area contributed by atoms with Gasteiger partial charge < -0.3 is 5.32 Å². The molecule has 0 amide bonds. The van der Waals surface area contributed by atoms with Crippen molar-refractivity contribution in [3.8, 4) is 0 Å². The fourth-order valence-electron chi connectivity index (χ4n) is 4.62. The summed E-state index contributed by atoms with van der Waals surface area (Å²) < 4.78 is 0. The molecule has 1 aromatic rings. The van der Waals surface area contributed by atoms with Crippen LogP contribution in [0.5, 0.6) is 0 Å². The minimum absolute atomic E-state index is 0.696. The highest BCUT2D eigenvalue weighted by molar-refractivity contribution is 5.22. The van der Waals surface area contributed by atoms with Gasteiger partial charge in [-0.25, -0.2) is 0 Å². The number of rotatable bonds is 3. The Balaban J connectivity index is 1.67. The summed E-state index contributed by atoms with van der Waals surface area (Å²) in [6, 6.07) is 12.6. The standard InChI is InChI=1S/C20H31N/c1-15-12-13-19(16(2)14-15)21-20-11-7-6-10-18(20)17-8-4-3-5-9-17/h3-5,8-9,15-16,18-21H,6-7,10-14H2,1-2H3. The molecule has 0 spiro atoms. The molecule has 0 radical (unpaired) electrons. The van der Waals surface area contributed by atoms with Crippen molar-refractivity contribution in [2.24, 2.45) is 11.8 Å². The molecule has 116 valence electrons. The van der Waals surface area contributed by atoms with Crippen LogP contribution in [0, 0.1) is 11.8 Å². The van der Waals surface area contributed by atoms with Crippen LogP contribution in [0.25, 0.3) is 0 Å². The van der Waals surface area contributed by atoms with Crippen LogP contribution in [0.3, 0.4) is 0 Å². The van der Waals surface area contributed by atoms with Crippen LogP contribution in [0.2, 0.25) is 0 Å². The van der Waals surface area contributed by atoms with Gasteiger partial charge in [0.05, 0.1) is 0 Å². The lowest BCUT2D eigenvalue weighted by molar-refractivity contribution is 0.190. The summed E-state index contributed by atoms with van der Waals surface area (Å²) in [5, 5.41) is 4.08. The Hall–Kier alpha value is -0.820. The summed E-state index contributed by atoms with van der Waals surface area (Å²) in [5.74, 6) is 2.49. The Bertz CT molecular complexity index is 427. The molecule has 0 bridgehead atoms. The summed E-state index contributed by atoms with van der Waals surface area (Å²) >= 11 is 0. The molecule has 0 heterocycles. The third-order valence-corrected chi connectivity index (χ3v) is 5.85. The lowest BCUT2D eigenvalue weighted by atomic mass is 9.76. The molecule has 1 N–H and O–H groups in total. The minimum Gasteiger partial charge on any atom is -0.310 e. The highest BCUT2D eigenvalue weighted by Crippen LogP contribution is 2.35. The van der Waals surface area contributed by atoms with Crippen LogP contribution >= 0.6 is 0 Å². The second-order valence-corrected chi connectivity index (χ2v) is 7.58. The van der Waals surface area contributed by atoms with Crippen LogP contribution in [0.4, 0.5) is 0 Å². The zero-order chi connectivity index (χ0) is 14.7. The zero-order valence-electron chi connectivity index (χ0n) is 13.7. The van der Waals surface area contributed by atoms with E-state index in [1.807, 2.05) is 0 Å². The monoisotopic (exact) mass is 285 g/mol. The Morgan fingerprint density at radius 3 is 2.38 bits per heavy atom. The first-order valence-corrected chi connectivity index (χ1v) is 9.05. The zero-order valence-corrected chi connectivity index (χ0v) is 13.7. The van der Waals surface area contributed by atoms with Gasteiger partial charge in [-0.15, -0.1) is 0 Å². The van der Waals surface area contributed by atoms with Gasteiger partial charge in [-0.1, -0.05) is 57.0 Å². The maximum atomic E-state index is 4.08. The fraction of sp³-hybridized carbons (Fsp3) is 0.700. The Morgan fingerprint density at radius 1 is 0.857 bits per heavy atom. The van der Waals surface area contributed by atoms with Crippen LogP contribution in [0.1, 0.15) is 70.3 Å². The summed E-state index contributed by atoms with van der Waals surface area (Å²) in [5.41, 5.74) is 1.55. The van der Waals surface area contributed by atoms with E-state index in [-0.39, 0.29) is 0 Å².